The van der Waals surface area contributed by atoms with Crippen LogP contribution >= 0.6 is 0 Å². The Morgan fingerprint density at radius 2 is 1.43 bits per heavy atom. The van der Waals surface area contributed by atoms with Crippen LogP contribution in [0.4, 0.5) is 0 Å². The summed E-state index contributed by atoms with van der Waals surface area (Å²) in [7, 11) is 0. The lowest BCUT2D eigenvalue weighted by Crippen LogP contribution is -2.58. The van der Waals surface area contributed by atoms with Crippen molar-refractivity contribution in [2.45, 2.75) is 78.0 Å². The number of carboxylic acid groups (broad SMARTS) is 2. The van der Waals surface area contributed by atoms with Crippen molar-refractivity contribution < 1.29 is 34.2 Å². The monoisotopic (exact) mass is 430 g/mol. The normalized spacial score (nSPS) is 16.0. The zero-order chi connectivity index (χ0) is 23.6. The highest BCUT2D eigenvalue weighted by Crippen LogP contribution is 2.10. The average molecular weight is 431 g/mol. The molecule has 0 aliphatic heterocycles. The van der Waals surface area contributed by atoms with Gasteiger partial charge in [0.15, 0.2) is 0 Å². The zero-order valence-corrected chi connectivity index (χ0v) is 18.1. The summed E-state index contributed by atoms with van der Waals surface area (Å²) in [5.41, 5.74) is 5.54. The number of amides is 3. The number of nitrogens with two attached hydrogens (primary N) is 1. The maximum Gasteiger partial charge on any atom is 0.326 e. The molecule has 0 bridgehead atoms. The van der Waals surface area contributed by atoms with Crippen LogP contribution in [0.2, 0.25) is 0 Å². The molecule has 7 N–H and O–H groups in total. The van der Waals surface area contributed by atoms with Crippen LogP contribution in [0.5, 0.6) is 0 Å². The van der Waals surface area contributed by atoms with Crippen LogP contribution in [-0.4, -0.2) is 64.0 Å². The molecule has 0 aliphatic rings. The van der Waals surface area contributed by atoms with Crippen LogP contribution in [0.15, 0.2) is 0 Å². The minimum Gasteiger partial charge on any atom is -0.481 e. The van der Waals surface area contributed by atoms with E-state index in [-0.39, 0.29) is 18.3 Å². The Labute approximate surface area is 176 Å². The summed E-state index contributed by atoms with van der Waals surface area (Å²) in [6.45, 7) is 8.55. The number of nitrogens with one attached hydrogen (secondary N) is 3. The van der Waals surface area contributed by atoms with Crippen LogP contribution in [0, 0.1) is 11.8 Å². The van der Waals surface area contributed by atoms with Crippen LogP contribution in [-0.2, 0) is 24.0 Å². The van der Waals surface area contributed by atoms with Crippen LogP contribution < -0.4 is 21.7 Å². The number of rotatable bonds is 13. The number of aliphatic carboxylic acids is 2. The fourth-order valence-corrected chi connectivity index (χ4v) is 2.60. The van der Waals surface area contributed by atoms with Gasteiger partial charge in [-0.25, -0.2) is 4.79 Å². The average Bonchev–Trinajstić information content (AvgIpc) is 2.63. The maximum absolute atomic E-state index is 12.7. The first kappa shape index (κ1) is 27.3. The van der Waals surface area contributed by atoms with Crippen LogP contribution in [0.1, 0.15) is 53.9 Å². The number of carboxylic acids is 2. The van der Waals surface area contributed by atoms with Crippen molar-refractivity contribution in [3.8, 4) is 0 Å². The second-order valence-corrected chi connectivity index (χ2v) is 7.84. The van der Waals surface area contributed by atoms with Gasteiger partial charge in [-0.3, -0.25) is 19.2 Å². The van der Waals surface area contributed by atoms with Crippen molar-refractivity contribution >= 4 is 29.7 Å². The molecule has 11 nitrogen and oxygen atoms in total. The maximum atomic E-state index is 12.7. The molecule has 172 valence electrons. The lowest BCUT2D eigenvalue weighted by atomic mass is 9.97. The minimum absolute atomic E-state index is 0.0382. The molecule has 5 atom stereocenters. The summed E-state index contributed by atoms with van der Waals surface area (Å²) in [4.78, 5) is 59.1. The van der Waals surface area contributed by atoms with E-state index >= 15 is 0 Å². The molecule has 0 saturated heterocycles. The first-order chi connectivity index (χ1) is 13.8. The standard InChI is InChI=1S/C19H34N4O7/c1-6-10(4)15(23-17(27)12(20)8-14(24)25)18(28)21-11(5)16(26)22-13(19(29)30)7-9(2)3/h9-13,15H,6-8,20H2,1-5H3,(H,21,28)(H,22,26)(H,23,27)(H,24,25)(H,29,30). The summed E-state index contributed by atoms with van der Waals surface area (Å²) >= 11 is 0. The second kappa shape index (κ2) is 12.8. The number of carbonyl (C=O) groups excluding carboxylic acids is 3. The molecule has 5 unspecified atom stereocenters. The molecule has 0 heterocycles. The first-order valence-corrected chi connectivity index (χ1v) is 9.91. The Balaban J connectivity index is 5.13. The van der Waals surface area contributed by atoms with E-state index in [9.17, 15) is 29.1 Å². The van der Waals surface area contributed by atoms with Crippen molar-refractivity contribution in [3.05, 3.63) is 0 Å². The predicted octanol–water partition coefficient (Wildman–Crippen LogP) is -0.560. The minimum atomic E-state index is -1.32. The summed E-state index contributed by atoms with van der Waals surface area (Å²) in [6, 6.07) is -4.50. The largest absolute Gasteiger partial charge is 0.481 e. The molecule has 0 aromatic rings. The lowest BCUT2D eigenvalue weighted by molar-refractivity contribution is -0.142. The topological polar surface area (TPSA) is 188 Å². The summed E-state index contributed by atoms with van der Waals surface area (Å²) in [5, 5.41) is 25.3. The molecular formula is C19H34N4O7. The molecule has 0 aromatic carbocycles. The predicted molar refractivity (Wildman–Crippen MR) is 108 cm³/mol. The Kier molecular flexibility index (Phi) is 11.6. The zero-order valence-electron chi connectivity index (χ0n) is 18.1. The lowest BCUT2D eigenvalue weighted by Gasteiger charge is -2.26. The molecule has 3 amide bonds. The molecule has 11 heteroatoms. The van der Waals surface area contributed by atoms with E-state index in [0.29, 0.717) is 6.42 Å². The molecule has 0 spiro atoms. The van der Waals surface area contributed by atoms with Gasteiger partial charge in [-0.2, -0.15) is 0 Å². The third-order valence-corrected chi connectivity index (χ3v) is 4.60. The molecule has 0 rings (SSSR count). The molecule has 0 aromatic heterocycles. The van der Waals surface area contributed by atoms with E-state index in [2.05, 4.69) is 16.0 Å². The molecular weight excluding hydrogens is 396 g/mol. The van der Waals surface area contributed by atoms with Crippen molar-refractivity contribution in [1.82, 2.24) is 16.0 Å². The van der Waals surface area contributed by atoms with Crippen molar-refractivity contribution in [2.75, 3.05) is 0 Å². The van der Waals surface area contributed by atoms with E-state index in [0.717, 1.165) is 0 Å². The second-order valence-electron chi connectivity index (χ2n) is 7.84. The van der Waals surface area contributed by atoms with Gasteiger partial charge in [0.1, 0.15) is 18.1 Å². The molecule has 0 saturated carbocycles. The van der Waals surface area contributed by atoms with Gasteiger partial charge in [0.25, 0.3) is 0 Å². The van der Waals surface area contributed by atoms with E-state index < -0.39 is 60.2 Å². The summed E-state index contributed by atoms with van der Waals surface area (Å²) in [6.07, 6.45) is 0.156. The highest BCUT2D eigenvalue weighted by Gasteiger charge is 2.31. The summed E-state index contributed by atoms with van der Waals surface area (Å²) in [5.74, 6) is -4.83. The van der Waals surface area contributed by atoms with Crippen molar-refractivity contribution in [3.63, 3.8) is 0 Å². The van der Waals surface area contributed by atoms with E-state index in [4.69, 9.17) is 10.8 Å². The summed E-state index contributed by atoms with van der Waals surface area (Å²) < 4.78 is 0. The van der Waals surface area contributed by atoms with Crippen LogP contribution in [0.3, 0.4) is 0 Å². The van der Waals surface area contributed by atoms with Gasteiger partial charge < -0.3 is 31.9 Å². The fourth-order valence-electron chi connectivity index (χ4n) is 2.60. The van der Waals surface area contributed by atoms with E-state index in [1.54, 1.807) is 13.8 Å². The number of hydrogen-bond acceptors (Lipinski definition) is 6. The van der Waals surface area contributed by atoms with E-state index in [1.165, 1.54) is 6.92 Å². The van der Waals surface area contributed by atoms with Gasteiger partial charge in [0.2, 0.25) is 17.7 Å². The third-order valence-electron chi connectivity index (χ3n) is 4.60. The van der Waals surface area contributed by atoms with Gasteiger partial charge in [0.05, 0.1) is 12.5 Å². The first-order valence-electron chi connectivity index (χ1n) is 9.91. The van der Waals surface area contributed by atoms with Crippen molar-refractivity contribution in [2.24, 2.45) is 17.6 Å². The SMILES string of the molecule is CCC(C)C(NC(=O)C(N)CC(=O)O)C(=O)NC(C)C(=O)NC(CC(C)C)C(=O)O. The van der Waals surface area contributed by atoms with Gasteiger partial charge in [0, 0.05) is 0 Å². The molecule has 0 fully saturated rings. The molecule has 0 aliphatic carbocycles. The van der Waals surface area contributed by atoms with Gasteiger partial charge in [-0.15, -0.1) is 0 Å². The molecule has 30 heavy (non-hydrogen) atoms. The van der Waals surface area contributed by atoms with Crippen LogP contribution in [0.25, 0.3) is 0 Å². The van der Waals surface area contributed by atoms with E-state index in [1.807, 2.05) is 13.8 Å². The Bertz CT molecular complexity index is 638. The number of hydrogen-bond donors (Lipinski definition) is 6. The Hall–Kier alpha value is -2.69. The quantitative estimate of drug-likeness (QED) is 0.224. The molecule has 0 radical (unpaired) electrons. The third kappa shape index (κ3) is 9.68. The van der Waals surface area contributed by atoms with Gasteiger partial charge >= 0.3 is 11.9 Å². The fraction of sp³-hybridized carbons (Fsp3) is 0.737. The Morgan fingerprint density at radius 3 is 1.87 bits per heavy atom. The smallest absolute Gasteiger partial charge is 0.326 e. The highest BCUT2D eigenvalue weighted by molar-refractivity contribution is 5.94. The Morgan fingerprint density at radius 1 is 0.867 bits per heavy atom. The number of carbonyl (C=O) groups is 5. The van der Waals surface area contributed by atoms with Crippen molar-refractivity contribution in [1.29, 1.82) is 0 Å². The van der Waals surface area contributed by atoms with Gasteiger partial charge in [-0.1, -0.05) is 34.1 Å². The highest BCUT2D eigenvalue weighted by atomic mass is 16.4. The van der Waals surface area contributed by atoms with Gasteiger partial charge in [-0.05, 0) is 25.2 Å².